The van der Waals surface area contributed by atoms with Crippen LogP contribution in [0.4, 0.5) is 5.69 Å². The molecular weight excluding hydrogens is 340 g/mol. The van der Waals surface area contributed by atoms with Crippen molar-refractivity contribution in [3.63, 3.8) is 0 Å². The standard InChI is InChI=1S/C22H24N2O3/c1-23(2)20-10-8-19(9-11-20)22(26)27-16-21(25)24-14-12-18(13-15-24)17-6-4-3-5-7-17/h3-12H,13-16H2,1-2H3. The van der Waals surface area contributed by atoms with Crippen LogP contribution in [0.3, 0.4) is 0 Å². The highest BCUT2D eigenvalue weighted by atomic mass is 16.5. The Morgan fingerprint density at radius 3 is 2.33 bits per heavy atom. The molecule has 1 heterocycles. The molecular formula is C22H24N2O3. The van der Waals surface area contributed by atoms with E-state index in [4.69, 9.17) is 4.74 Å². The van der Waals surface area contributed by atoms with Crippen LogP contribution >= 0.6 is 0 Å². The third-order valence-electron chi connectivity index (χ3n) is 4.65. The fraction of sp³-hybridized carbons (Fsp3) is 0.273. The van der Waals surface area contributed by atoms with Gasteiger partial charge >= 0.3 is 5.97 Å². The first kappa shape index (κ1) is 18.7. The molecule has 0 fully saturated rings. The van der Waals surface area contributed by atoms with E-state index in [1.807, 2.05) is 49.3 Å². The number of hydrogen-bond acceptors (Lipinski definition) is 4. The number of hydrogen-bond donors (Lipinski definition) is 0. The van der Waals surface area contributed by atoms with Crippen LogP contribution in [0, 0.1) is 0 Å². The van der Waals surface area contributed by atoms with E-state index in [1.165, 1.54) is 11.1 Å². The predicted octanol–water partition coefficient (Wildman–Crippen LogP) is 3.23. The van der Waals surface area contributed by atoms with E-state index in [0.29, 0.717) is 18.7 Å². The third kappa shape index (κ3) is 4.76. The lowest BCUT2D eigenvalue weighted by molar-refractivity contribution is -0.134. The fourth-order valence-corrected chi connectivity index (χ4v) is 3.01. The minimum atomic E-state index is -0.480. The van der Waals surface area contributed by atoms with Crippen LogP contribution in [0.2, 0.25) is 0 Å². The Kier molecular flexibility index (Phi) is 5.91. The van der Waals surface area contributed by atoms with E-state index in [-0.39, 0.29) is 12.5 Å². The summed E-state index contributed by atoms with van der Waals surface area (Å²) in [7, 11) is 3.87. The Bertz CT molecular complexity index is 826. The van der Waals surface area contributed by atoms with Crippen molar-refractivity contribution in [1.29, 1.82) is 0 Å². The Labute approximate surface area is 159 Å². The Morgan fingerprint density at radius 1 is 1.04 bits per heavy atom. The van der Waals surface area contributed by atoms with Gasteiger partial charge in [-0.15, -0.1) is 0 Å². The zero-order valence-electron chi connectivity index (χ0n) is 15.7. The molecule has 2 aromatic rings. The molecule has 1 amide bonds. The maximum Gasteiger partial charge on any atom is 0.338 e. The van der Waals surface area contributed by atoms with Gasteiger partial charge in [0.15, 0.2) is 6.61 Å². The summed E-state index contributed by atoms with van der Waals surface area (Å²) in [6.45, 7) is 0.940. The average molecular weight is 364 g/mol. The summed E-state index contributed by atoms with van der Waals surface area (Å²) in [5.74, 6) is -0.650. The van der Waals surface area contributed by atoms with Crippen molar-refractivity contribution < 1.29 is 14.3 Å². The molecule has 5 nitrogen and oxygen atoms in total. The van der Waals surface area contributed by atoms with Gasteiger partial charge in [0.1, 0.15) is 0 Å². The number of ether oxygens (including phenoxy) is 1. The Hall–Kier alpha value is -3.08. The average Bonchev–Trinajstić information content (AvgIpc) is 2.72. The van der Waals surface area contributed by atoms with Crippen LogP contribution < -0.4 is 4.90 Å². The van der Waals surface area contributed by atoms with Gasteiger partial charge in [-0.25, -0.2) is 4.79 Å². The Morgan fingerprint density at radius 2 is 1.74 bits per heavy atom. The van der Waals surface area contributed by atoms with Gasteiger partial charge in [-0.1, -0.05) is 36.4 Å². The molecule has 0 N–H and O–H groups in total. The monoisotopic (exact) mass is 364 g/mol. The highest BCUT2D eigenvalue weighted by molar-refractivity contribution is 5.91. The molecule has 0 unspecified atom stereocenters. The molecule has 0 bridgehead atoms. The van der Waals surface area contributed by atoms with Crippen molar-refractivity contribution in [3.8, 4) is 0 Å². The van der Waals surface area contributed by atoms with E-state index in [1.54, 1.807) is 17.0 Å². The predicted molar refractivity (Wildman–Crippen MR) is 107 cm³/mol. The number of rotatable bonds is 5. The molecule has 5 heteroatoms. The largest absolute Gasteiger partial charge is 0.452 e. The molecule has 27 heavy (non-hydrogen) atoms. The highest BCUT2D eigenvalue weighted by Crippen LogP contribution is 2.22. The van der Waals surface area contributed by atoms with Crippen LogP contribution in [0.15, 0.2) is 60.7 Å². The topological polar surface area (TPSA) is 49.9 Å². The van der Waals surface area contributed by atoms with Crippen molar-refractivity contribution in [2.45, 2.75) is 6.42 Å². The minimum absolute atomic E-state index is 0.170. The summed E-state index contributed by atoms with van der Waals surface area (Å²) in [6.07, 6.45) is 2.87. The van der Waals surface area contributed by atoms with E-state index in [0.717, 1.165) is 12.1 Å². The number of esters is 1. The van der Waals surface area contributed by atoms with Crippen molar-refractivity contribution in [2.75, 3.05) is 38.7 Å². The zero-order chi connectivity index (χ0) is 19.2. The highest BCUT2D eigenvalue weighted by Gasteiger charge is 2.19. The summed E-state index contributed by atoms with van der Waals surface area (Å²) in [4.78, 5) is 28.1. The molecule has 3 rings (SSSR count). The smallest absolute Gasteiger partial charge is 0.338 e. The third-order valence-corrected chi connectivity index (χ3v) is 4.65. The summed E-state index contributed by atoms with van der Waals surface area (Å²) in [5.41, 5.74) is 3.88. The Balaban J connectivity index is 1.51. The summed E-state index contributed by atoms with van der Waals surface area (Å²) in [5, 5.41) is 0. The molecule has 0 aromatic heterocycles. The lowest BCUT2D eigenvalue weighted by Crippen LogP contribution is -2.37. The zero-order valence-corrected chi connectivity index (χ0v) is 15.7. The van der Waals surface area contributed by atoms with Crippen molar-refractivity contribution in [2.24, 2.45) is 0 Å². The molecule has 0 atom stereocenters. The first-order valence-electron chi connectivity index (χ1n) is 9.01. The van der Waals surface area contributed by atoms with E-state index >= 15 is 0 Å². The van der Waals surface area contributed by atoms with Gasteiger partial charge < -0.3 is 14.5 Å². The maximum atomic E-state index is 12.3. The lowest BCUT2D eigenvalue weighted by atomic mass is 10.00. The number of anilines is 1. The second-order valence-corrected chi connectivity index (χ2v) is 6.70. The molecule has 0 saturated heterocycles. The number of amides is 1. The summed E-state index contributed by atoms with van der Waals surface area (Å²) in [6, 6.07) is 17.3. The molecule has 2 aromatic carbocycles. The van der Waals surface area contributed by atoms with Gasteiger partial charge in [-0.05, 0) is 41.8 Å². The quantitative estimate of drug-likeness (QED) is 0.765. The molecule has 0 radical (unpaired) electrons. The van der Waals surface area contributed by atoms with Crippen molar-refractivity contribution in [3.05, 3.63) is 71.8 Å². The lowest BCUT2D eigenvalue weighted by Gasteiger charge is -2.26. The van der Waals surface area contributed by atoms with Gasteiger partial charge in [0.05, 0.1) is 5.56 Å². The van der Waals surface area contributed by atoms with E-state index in [9.17, 15) is 9.59 Å². The molecule has 1 aliphatic heterocycles. The van der Waals surface area contributed by atoms with Crippen LogP contribution in [0.1, 0.15) is 22.3 Å². The van der Waals surface area contributed by atoms with E-state index < -0.39 is 5.97 Å². The van der Waals surface area contributed by atoms with Gasteiger partial charge in [-0.3, -0.25) is 4.79 Å². The normalized spacial score (nSPS) is 13.7. The van der Waals surface area contributed by atoms with Crippen LogP contribution in [-0.2, 0) is 9.53 Å². The molecule has 1 aliphatic rings. The number of nitrogens with zero attached hydrogens (tertiary/aromatic N) is 2. The maximum absolute atomic E-state index is 12.3. The molecule has 0 saturated carbocycles. The van der Waals surface area contributed by atoms with Gasteiger partial charge in [0.2, 0.25) is 0 Å². The summed E-state index contributed by atoms with van der Waals surface area (Å²) < 4.78 is 5.19. The number of carbonyl (C=O) groups is 2. The van der Waals surface area contributed by atoms with Crippen LogP contribution in [-0.4, -0.2) is 50.6 Å². The first-order valence-corrected chi connectivity index (χ1v) is 9.01. The number of carbonyl (C=O) groups excluding carboxylic acids is 2. The van der Waals surface area contributed by atoms with Gasteiger partial charge in [0.25, 0.3) is 5.91 Å². The number of benzene rings is 2. The molecule has 0 aliphatic carbocycles. The van der Waals surface area contributed by atoms with Gasteiger partial charge in [-0.2, -0.15) is 0 Å². The van der Waals surface area contributed by atoms with Crippen LogP contribution in [0.25, 0.3) is 5.57 Å². The van der Waals surface area contributed by atoms with E-state index in [2.05, 4.69) is 18.2 Å². The molecule has 140 valence electrons. The second kappa shape index (κ2) is 8.54. The second-order valence-electron chi connectivity index (χ2n) is 6.70. The minimum Gasteiger partial charge on any atom is -0.452 e. The van der Waals surface area contributed by atoms with Crippen molar-refractivity contribution >= 4 is 23.1 Å². The van der Waals surface area contributed by atoms with Crippen LogP contribution in [0.5, 0.6) is 0 Å². The SMILES string of the molecule is CN(C)c1ccc(C(=O)OCC(=O)N2CC=C(c3ccccc3)CC2)cc1. The fourth-order valence-electron chi connectivity index (χ4n) is 3.01. The molecule has 0 spiro atoms. The first-order chi connectivity index (χ1) is 13.0. The van der Waals surface area contributed by atoms with Crippen molar-refractivity contribution in [1.82, 2.24) is 4.90 Å². The summed E-state index contributed by atoms with van der Waals surface area (Å²) >= 11 is 0. The van der Waals surface area contributed by atoms with Gasteiger partial charge in [0, 0.05) is 32.9 Å².